The van der Waals surface area contributed by atoms with Gasteiger partial charge >= 0.3 is 0 Å². The molecule has 3 heteroatoms. The topological polar surface area (TPSA) is 38.5 Å². The van der Waals surface area contributed by atoms with E-state index in [0.29, 0.717) is 17.5 Å². The summed E-state index contributed by atoms with van der Waals surface area (Å²) < 4.78 is 5.33. The van der Waals surface area contributed by atoms with Crippen molar-refractivity contribution in [1.82, 2.24) is 4.90 Å². The molecule has 4 rings (SSSR count). The Morgan fingerprint density at radius 2 is 1.67 bits per heavy atom. The molecule has 0 spiro atoms. The van der Waals surface area contributed by atoms with Crippen molar-refractivity contribution in [3.05, 3.63) is 0 Å². The van der Waals surface area contributed by atoms with Gasteiger partial charge in [0.1, 0.15) is 0 Å². The van der Waals surface area contributed by atoms with E-state index in [2.05, 4.69) is 18.7 Å². The number of methoxy groups -OCH3 is 1. The molecule has 4 aliphatic rings. The summed E-state index contributed by atoms with van der Waals surface area (Å²) in [5, 5.41) is 0. The van der Waals surface area contributed by atoms with Gasteiger partial charge in [-0.1, -0.05) is 6.92 Å². The predicted molar refractivity (Wildman–Crippen MR) is 87.2 cm³/mol. The number of hydrogen-bond acceptors (Lipinski definition) is 3. The summed E-state index contributed by atoms with van der Waals surface area (Å²) in [4.78, 5) is 2.52. The van der Waals surface area contributed by atoms with Crippen LogP contribution in [0.1, 0.15) is 52.4 Å². The first kappa shape index (κ1) is 15.8. The van der Waals surface area contributed by atoms with Crippen molar-refractivity contribution in [3.8, 4) is 0 Å². The molecule has 3 nitrogen and oxygen atoms in total. The standard InChI is InChI=1S/C18H34N2O/c1-4-20(13(2)12-21-3)11-17(19)18-8-14-5-15(9-18)7-16(6-14)10-18/h13-17H,4-12,19H2,1-3H3. The van der Waals surface area contributed by atoms with E-state index in [4.69, 9.17) is 10.5 Å². The Kier molecular flexibility index (Phi) is 4.63. The summed E-state index contributed by atoms with van der Waals surface area (Å²) >= 11 is 0. The lowest BCUT2D eigenvalue weighted by molar-refractivity contribution is -0.0736. The average molecular weight is 294 g/mol. The fourth-order valence-corrected chi connectivity index (χ4v) is 6.05. The molecule has 0 radical (unpaired) electrons. The Bertz CT molecular complexity index is 322. The van der Waals surface area contributed by atoms with E-state index in [1.807, 2.05) is 0 Å². The normalized spacial score (nSPS) is 40.7. The highest BCUT2D eigenvalue weighted by molar-refractivity contribution is 5.06. The number of nitrogens with two attached hydrogens (primary N) is 1. The Labute approximate surface area is 130 Å². The van der Waals surface area contributed by atoms with Crippen LogP contribution in [0.2, 0.25) is 0 Å². The third kappa shape index (κ3) is 3.02. The summed E-state index contributed by atoms with van der Waals surface area (Å²) in [6, 6.07) is 0.824. The zero-order valence-corrected chi connectivity index (χ0v) is 14.2. The predicted octanol–water partition coefficient (Wildman–Crippen LogP) is 2.89. The number of ether oxygens (including phenoxy) is 1. The quantitative estimate of drug-likeness (QED) is 0.784. The molecule has 0 amide bonds. The van der Waals surface area contributed by atoms with Gasteiger partial charge in [0.15, 0.2) is 0 Å². The molecule has 2 N–H and O–H groups in total. The molecule has 0 aromatic carbocycles. The van der Waals surface area contributed by atoms with Crippen LogP contribution < -0.4 is 5.73 Å². The van der Waals surface area contributed by atoms with Gasteiger partial charge in [-0.05, 0) is 75.2 Å². The summed E-state index contributed by atoms with van der Waals surface area (Å²) in [5.74, 6) is 2.98. The third-order valence-corrected chi connectivity index (χ3v) is 6.74. The van der Waals surface area contributed by atoms with Crippen LogP contribution in [0.15, 0.2) is 0 Å². The Hall–Kier alpha value is -0.120. The van der Waals surface area contributed by atoms with Crippen molar-refractivity contribution in [1.29, 1.82) is 0 Å². The van der Waals surface area contributed by atoms with Crippen molar-refractivity contribution >= 4 is 0 Å². The van der Waals surface area contributed by atoms with Gasteiger partial charge in [0, 0.05) is 25.7 Å². The number of likely N-dealkylation sites (N-methyl/N-ethyl adjacent to an activating group) is 1. The molecular formula is C18H34N2O. The highest BCUT2D eigenvalue weighted by Crippen LogP contribution is 2.61. The Morgan fingerprint density at radius 1 is 1.14 bits per heavy atom. The number of rotatable bonds is 7. The summed E-state index contributed by atoms with van der Waals surface area (Å²) in [6.45, 7) is 7.44. The average Bonchev–Trinajstić information content (AvgIpc) is 2.43. The third-order valence-electron chi connectivity index (χ3n) is 6.74. The van der Waals surface area contributed by atoms with Gasteiger partial charge in [0.05, 0.1) is 6.61 Å². The zero-order chi connectivity index (χ0) is 15.0. The molecule has 122 valence electrons. The largest absolute Gasteiger partial charge is 0.383 e. The molecule has 2 atom stereocenters. The molecule has 4 aliphatic carbocycles. The van der Waals surface area contributed by atoms with E-state index in [9.17, 15) is 0 Å². The molecule has 4 bridgehead atoms. The number of hydrogen-bond donors (Lipinski definition) is 1. The minimum absolute atomic E-state index is 0.352. The monoisotopic (exact) mass is 294 g/mol. The van der Waals surface area contributed by atoms with Crippen LogP contribution >= 0.6 is 0 Å². The molecule has 2 unspecified atom stereocenters. The first-order valence-electron chi connectivity index (χ1n) is 9.05. The van der Waals surface area contributed by atoms with Gasteiger partial charge < -0.3 is 10.5 Å². The molecule has 0 heterocycles. The van der Waals surface area contributed by atoms with Crippen LogP contribution in [0.25, 0.3) is 0 Å². The minimum atomic E-state index is 0.352. The van der Waals surface area contributed by atoms with Crippen LogP contribution in [-0.4, -0.2) is 43.8 Å². The summed E-state index contributed by atoms with van der Waals surface area (Å²) in [6.07, 6.45) is 8.75. The van der Waals surface area contributed by atoms with E-state index in [0.717, 1.165) is 37.5 Å². The maximum absolute atomic E-state index is 6.80. The maximum atomic E-state index is 6.80. The molecule has 0 aliphatic heterocycles. The molecular weight excluding hydrogens is 260 g/mol. The molecule has 4 saturated carbocycles. The Balaban J connectivity index is 1.65. The van der Waals surface area contributed by atoms with Crippen LogP contribution in [0.3, 0.4) is 0 Å². The second-order valence-electron chi connectivity index (χ2n) is 8.28. The van der Waals surface area contributed by atoms with Crippen molar-refractivity contribution in [3.63, 3.8) is 0 Å². The SMILES string of the molecule is CCN(CC(N)C12CC3CC(CC(C3)C1)C2)C(C)COC. The van der Waals surface area contributed by atoms with Crippen LogP contribution in [0.5, 0.6) is 0 Å². The lowest BCUT2D eigenvalue weighted by Crippen LogP contribution is -2.58. The van der Waals surface area contributed by atoms with Gasteiger partial charge in [-0.25, -0.2) is 0 Å². The van der Waals surface area contributed by atoms with E-state index >= 15 is 0 Å². The van der Waals surface area contributed by atoms with Crippen molar-refractivity contribution in [2.24, 2.45) is 28.9 Å². The summed E-state index contributed by atoms with van der Waals surface area (Å²) in [7, 11) is 1.79. The summed E-state index contributed by atoms with van der Waals surface area (Å²) in [5.41, 5.74) is 7.27. The van der Waals surface area contributed by atoms with E-state index in [1.165, 1.54) is 38.5 Å². The fourth-order valence-electron chi connectivity index (χ4n) is 6.05. The smallest absolute Gasteiger partial charge is 0.0615 e. The van der Waals surface area contributed by atoms with Gasteiger partial charge in [0.2, 0.25) is 0 Å². The lowest BCUT2D eigenvalue weighted by atomic mass is 9.48. The van der Waals surface area contributed by atoms with Gasteiger partial charge in [-0.15, -0.1) is 0 Å². The minimum Gasteiger partial charge on any atom is -0.383 e. The van der Waals surface area contributed by atoms with Crippen molar-refractivity contribution in [2.75, 3.05) is 26.8 Å². The highest BCUT2D eigenvalue weighted by atomic mass is 16.5. The van der Waals surface area contributed by atoms with Gasteiger partial charge in [0.25, 0.3) is 0 Å². The number of nitrogens with zero attached hydrogens (tertiary/aromatic N) is 1. The van der Waals surface area contributed by atoms with Crippen LogP contribution in [-0.2, 0) is 4.74 Å². The van der Waals surface area contributed by atoms with Gasteiger partial charge in [-0.2, -0.15) is 0 Å². The first-order valence-corrected chi connectivity index (χ1v) is 9.05. The first-order chi connectivity index (χ1) is 10.1. The fraction of sp³-hybridized carbons (Fsp3) is 1.00. The molecule has 0 aromatic rings. The van der Waals surface area contributed by atoms with Crippen LogP contribution in [0, 0.1) is 23.2 Å². The zero-order valence-electron chi connectivity index (χ0n) is 14.2. The van der Waals surface area contributed by atoms with Gasteiger partial charge in [-0.3, -0.25) is 4.90 Å². The Morgan fingerprint density at radius 3 is 2.10 bits per heavy atom. The van der Waals surface area contributed by atoms with Crippen LogP contribution in [0.4, 0.5) is 0 Å². The molecule has 0 saturated heterocycles. The molecule has 21 heavy (non-hydrogen) atoms. The van der Waals surface area contributed by atoms with E-state index < -0.39 is 0 Å². The van der Waals surface area contributed by atoms with Crippen molar-refractivity contribution < 1.29 is 4.74 Å². The second-order valence-corrected chi connectivity index (χ2v) is 8.28. The maximum Gasteiger partial charge on any atom is 0.0615 e. The van der Waals surface area contributed by atoms with E-state index in [1.54, 1.807) is 7.11 Å². The van der Waals surface area contributed by atoms with Crippen molar-refractivity contribution in [2.45, 2.75) is 64.5 Å². The lowest BCUT2D eigenvalue weighted by Gasteiger charge is -2.59. The second kappa shape index (κ2) is 6.17. The van der Waals surface area contributed by atoms with E-state index in [-0.39, 0.29) is 0 Å². The highest BCUT2D eigenvalue weighted by Gasteiger charge is 2.53. The molecule has 0 aromatic heterocycles. The molecule has 4 fully saturated rings.